The van der Waals surface area contributed by atoms with Crippen LogP contribution in [0.1, 0.15) is 41.5 Å². The monoisotopic (exact) mass is 599 g/mol. The molecule has 2 aromatic heterocycles. The van der Waals surface area contributed by atoms with Crippen LogP contribution in [0, 0.1) is 11.7 Å². The van der Waals surface area contributed by atoms with E-state index in [0.717, 1.165) is 18.7 Å². The maximum absolute atomic E-state index is 13.6. The van der Waals surface area contributed by atoms with Crippen molar-refractivity contribution in [1.82, 2.24) is 20.2 Å². The molecule has 4 rings (SSSR count). The zero-order chi connectivity index (χ0) is 30.3. The van der Waals surface area contributed by atoms with Crippen molar-refractivity contribution >= 4 is 46.0 Å². The van der Waals surface area contributed by atoms with Gasteiger partial charge in [-0.1, -0.05) is 31.5 Å². The zero-order valence-electron chi connectivity index (χ0n) is 24.0. The minimum Gasteiger partial charge on any atom is -0.355 e. The zero-order valence-corrected chi connectivity index (χ0v) is 25.6. The molecule has 41 heavy (non-hydrogen) atoms. The molecule has 0 aliphatic rings. The van der Waals surface area contributed by atoms with Crippen LogP contribution in [0.3, 0.4) is 0 Å². The summed E-state index contributed by atoms with van der Waals surface area (Å²) in [5.41, 5.74) is 3.78. The summed E-state index contributed by atoms with van der Waals surface area (Å²) in [5.74, 6) is 0.00414. The number of carbonyl (C=O) groups is 2. The van der Waals surface area contributed by atoms with Gasteiger partial charge in [0.2, 0.25) is 0 Å². The van der Waals surface area contributed by atoms with E-state index in [9.17, 15) is 18.2 Å². The largest absolute Gasteiger partial charge is 0.355 e. The third-order valence-electron chi connectivity index (χ3n) is 6.22. The molecule has 0 fully saturated rings. The van der Waals surface area contributed by atoms with E-state index < -0.39 is 16.8 Å². The first-order valence-corrected chi connectivity index (χ1v) is 15.0. The van der Waals surface area contributed by atoms with Crippen LogP contribution in [0.5, 0.6) is 0 Å². The molecule has 4 aromatic rings. The van der Waals surface area contributed by atoms with Crippen LogP contribution >= 0.6 is 11.6 Å². The molecule has 1 amide bonds. The van der Waals surface area contributed by atoms with E-state index in [1.165, 1.54) is 23.7 Å². The van der Waals surface area contributed by atoms with E-state index in [4.69, 9.17) is 11.6 Å². The quantitative estimate of drug-likeness (QED) is 0.244. The maximum Gasteiger partial charge on any atom is 0.255 e. The van der Waals surface area contributed by atoms with Gasteiger partial charge in [-0.25, -0.2) is 13.1 Å². The van der Waals surface area contributed by atoms with Crippen LogP contribution in [-0.4, -0.2) is 59.5 Å². The standard InChI is InChI=1S/C25H22ClFN4O3S.C5H13N/c1-4-31(35(3)34)22-13-30-21(12-19(22)18-11-15(14-32)5-10-20(18)26)23(25(33)28-2)24(29-30)16-6-8-17(27)9-7-16;1-5(2)4-6-3/h5-14H,4H2,1-3H3,(H,28,33);5-6H,4H2,1-3H3. The summed E-state index contributed by atoms with van der Waals surface area (Å²) in [4.78, 5) is 24.4. The number of rotatable bonds is 9. The SMILES string of the molecule is CCN(c1cn2nc(-c3ccc(F)cc3)c(C(=O)NC)c2cc1-c1cc(C=O)ccc1Cl)S(C)=O.CNCC(C)C. The number of aromatic nitrogens is 2. The second-order valence-corrected chi connectivity index (χ2v) is 11.3. The normalized spacial score (nSPS) is 11.6. The van der Waals surface area contributed by atoms with Crippen LogP contribution in [-0.2, 0) is 11.0 Å². The molecule has 0 radical (unpaired) electrons. The summed E-state index contributed by atoms with van der Waals surface area (Å²) < 4.78 is 29.4. The number of aldehydes is 1. The Morgan fingerprint density at radius 2 is 1.83 bits per heavy atom. The lowest BCUT2D eigenvalue weighted by Crippen LogP contribution is -2.25. The fourth-order valence-corrected chi connectivity index (χ4v) is 5.38. The number of amides is 1. The lowest BCUT2D eigenvalue weighted by Gasteiger charge is -2.23. The molecular formula is C30H35ClFN5O3S. The van der Waals surface area contributed by atoms with Crippen molar-refractivity contribution in [3.63, 3.8) is 0 Å². The van der Waals surface area contributed by atoms with Gasteiger partial charge >= 0.3 is 0 Å². The number of nitrogens with zero attached hydrogens (tertiary/aromatic N) is 3. The minimum absolute atomic E-state index is 0.287. The highest BCUT2D eigenvalue weighted by Crippen LogP contribution is 2.39. The first-order chi connectivity index (χ1) is 19.6. The van der Waals surface area contributed by atoms with Crippen LogP contribution < -0.4 is 14.9 Å². The summed E-state index contributed by atoms with van der Waals surface area (Å²) in [5, 5.41) is 10.7. The number of pyridine rings is 1. The van der Waals surface area contributed by atoms with Crippen LogP contribution in [0.4, 0.5) is 10.1 Å². The molecule has 8 nitrogen and oxygen atoms in total. The van der Waals surface area contributed by atoms with Crippen LogP contribution in [0.25, 0.3) is 27.9 Å². The van der Waals surface area contributed by atoms with Gasteiger partial charge in [-0.2, -0.15) is 5.10 Å². The van der Waals surface area contributed by atoms with E-state index in [1.807, 2.05) is 14.0 Å². The van der Waals surface area contributed by atoms with Crippen molar-refractivity contribution in [3.05, 3.63) is 76.7 Å². The van der Waals surface area contributed by atoms with Crippen molar-refractivity contribution in [2.45, 2.75) is 20.8 Å². The van der Waals surface area contributed by atoms with Gasteiger partial charge in [0.1, 0.15) is 28.8 Å². The van der Waals surface area contributed by atoms with Crippen LogP contribution in [0.15, 0.2) is 54.7 Å². The third-order valence-corrected chi connectivity index (χ3v) is 7.62. The smallest absolute Gasteiger partial charge is 0.255 e. The van der Waals surface area contributed by atoms with Gasteiger partial charge in [-0.15, -0.1) is 0 Å². The predicted octanol–water partition coefficient (Wildman–Crippen LogP) is 5.61. The van der Waals surface area contributed by atoms with E-state index in [2.05, 4.69) is 29.6 Å². The molecule has 2 N–H and O–H groups in total. The van der Waals surface area contributed by atoms with Gasteiger partial charge in [-0.3, -0.25) is 13.9 Å². The molecule has 1 atom stereocenters. The summed E-state index contributed by atoms with van der Waals surface area (Å²) in [6, 6.07) is 12.3. The molecule has 0 bridgehead atoms. The molecule has 0 aliphatic heterocycles. The second kappa shape index (κ2) is 14.3. The van der Waals surface area contributed by atoms with E-state index in [-0.39, 0.29) is 11.5 Å². The molecule has 2 aromatic carbocycles. The van der Waals surface area contributed by atoms with Crippen molar-refractivity contribution in [2.24, 2.45) is 5.92 Å². The number of hydrogen-bond donors (Lipinski definition) is 2. The minimum atomic E-state index is -1.38. The number of hydrogen-bond acceptors (Lipinski definition) is 5. The summed E-state index contributed by atoms with van der Waals surface area (Å²) in [6.07, 6.45) is 3.96. The maximum atomic E-state index is 13.6. The van der Waals surface area contributed by atoms with Crippen LogP contribution in [0.2, 0.25) is 5.02 Å². The van der Waals surface area contributed by atoms with E-state index in [1.54, 1.807) is 53.2 Å². The fraction of sp³-hybridized carbons (Fsp3) is 0.300. The highest BCUT2D eigenvalue weighted by molar-refractivity contribution is 7.85. The molecule has 1 unspecified atom stereocenters. The second-order valence-electron chi connectivity index (χ2n) is 9.64. The Morgan fingerprint density at radius 3 is 2.34 bits per heavy atom. The van der Waals surface area contributed by atoms with Gasteiger partial charge in [0, 0.05) is 47.1 Å². The van der Waals surface area contributed by atoms with Gasteiger partial charge < -0.3 is 10.6 Å². The predicted molar refractivity (Wildman–Crippen MR) is 166 cm³/mol. The molecule has 0 saturated carbocycles. The molecule has 218 valence electrons. The lowest BCUT2D eigenvalue weighted by molar-refractivity contribution is 0.0965. The molecule has 11 heteroatoms. The average Bonchev–Trinajstić information content (AvgIpc) is 3.31. The topological polar surface area (TPSA) is 95.8 Å². The Balaban J connectivity index is 0.000000696. The van der Waals surface area contributed by atoms with Crippen molar-refractivity contribution in [2.75, 3.05) is 37.7 Å². The van der Waals surface area contributed by atoms with Crippen molar-refractivity contribution in [3.8, 4) is 22.4 Å². The summed E-state index contributed by atoms with van der Waals surface area (Å²) in [6.45, 7) is 7.79. The van der Waals surface area contributed by atoms with Gasteiger partial charge in [0.25, 0.3) is 5.91 Å². The molecule has 2 heterocycles. The molecular weight excluding hydrogens is 565 g/mol. The Kier molecular flexibility index (Phi) is 11.2. The number of carbonyl (C=O) groups excluding carboxylic acids is 2. The number of benzene rings is 2. The molecule has 0 saturated heterocycles. The molecule has 0 aliphatic carbocycles. The summed E-state index contributed by atoms with van der Waals surface area (Å²) >= 11 is 6.54. The number of fused-ring (bicyclic) bond motifs is 1. The lowest BCUT2D eigenvalue weighted by atomic mass is 10.00. The first-order valence-electron chi connectivity index (χ1n) is 13.1. The van der Waals surface area contributed by atoms with Gasteiger partial charge in [-0.05, 0) is 68.9 Å². The first kappa shape index (κ1) is 31.9. The number of halogens is 2. The Morgan fingerprint density at radius 1 is 1.15 bits per heavy atom. The van der Waals surface area contributed by atoms with E-state index in [0.29, 0.717) is 50.7 Å². The Bertz CT molecular complexity index is 1560. The Labute approximate surface area is 247 Å². The third kappa shape index (κ3) is 7.38. The highest BCUT2D eigenvalue weighted by Gasteiger charge is 2.25. The fourth-order valence-electron chi connectivity index (χ4n) is 4.37. The van der Waals surface area contributed by atoms with Crippen molar-refractivity contribution in [1.29, 1.82) is 0 Å². The van der Waals surface area contributed by atoms with Crippen molar-refractivity contribution < 1.29 is 18.2 Å². The van der Waals surface area contributed by atoms with E-state index >= 15 is 0 Å². The number of nitrogens with one attached hydrogen (secondary N) is 2. The number of anilines is 1. The average molecular weight is 600 g/mol. The summed E-state index contributed by atoms with van der Waals surface area (Å²) in [7, 11) is 2.10. The highest BCUT2D eigenvalue weighted by atomic mass is 35.5. The van der Waals surface area contributed by atoms with Gasteiger partial charge in [0.15, 0.2) is 0 Å². The van der Waals surface area contributed by atoms with Gasteiger partial charge in [0.05, 0.1) is 23.0 Å². The molecule has 0 spiro atoms. The Hall–Kier alpha value is -3.60.